The molecule has 1 aliphatic heterocycles. The molecule has 7 nitrogen and oxygen atoms in total. The lowest BCUT2D eigenvalue weighted by Crippen LogP contribution is -2.28. The third-order valence-corrected chi connectivity index (χ3v) is 4.88. The molecule has 0 atom stereocenters. The van der Waals surface area contributed by atoms with E-state index in [0.717, 1.165) is 11.8 Å². The number of furan rings is 1. The van der Waals surface area contributed by atoms with Gasteiger partial charge in [-0.05, 0) is 36.4 Å². The highest BCUT2D eigenvalue weighted by atomic mass is 35.5. The molecular formula is C17H13ClN2O5S. The fourth-order valence-electron chi connectivity index (χ4n) is 2.44. The molecule has 0 N–H and O–H groups in total. The van der Waals surface area contributed by atoms with Crippen LogP contribution in [0, 0.1) is 10.1 Å². The molecule has 0 bridgehead atoms. The summed E-state index contributed by atoms with van der Waals surface area (Å²) in [6.07, 6.45) is 2.16. The first kappa shape index (κ1) is 18.2. The number of rotatable bonds is 5. The molecular weight excluding hydrogens is 380 g/mol. The van der Waals surface area contributed by atoms with Crippen LogP contribution in [0.3, 0.4) is 0 Å². The number of carbonyl (C=O) groups excluding carboxylic acids is 2. The van der Waals surface area contributed by atoms with Crippen LogP contribution in [0.1, 0.15) is 19.1 Å². The van der Waals surface area contributed by atoms with E-state index in [1.807, 2.05) is 6.92 Å². The van der Waals surface area contributed by atoms with Gasteiger partial charge in [0.25, 0.3) is 16.8 Å². The van der Waals surface area contributed by atoms with Gasteiger partial charge in [0.2, 0.25) is 0 Å². The highest BCUT2D eigenvalue weighted by molar-refractivity contribution is 8.18. The number of benzene rings is 1. The second-order valence-corrected chi connectivity index (χ2v) is 6.86. The van der Waals surface area contributed by atoms with Crippen molar-refractivity contribution in [2.24, 2.45) is 0 Å². The number of hydrogen-bond donors (Lipinski definition) is 0. The van der Waals surface area contributed by atoms with E-state index in [1.54, 1.807) is 12.1 Å². The SMILES string of the molecule is CCCN1C(=O)S/C(=C/c2ccc(-c3cc([N+](=O)[O-])ccc3Cl)o2)C1=O. The van der Waals surface area contributed by atoms with Crippen LogP contribution in [0.25, 0.3) is 17.4 Å². The van der Waals surface area contributed by atoms with Crippen LogP contribution in [0.15, 0.2) is 39.7 Å². The van der Waals surface area contributed by atoms with E-state index >= 15 is 0 Å². The Morgan fingerprint density at radius 3 is 2.77 bits per heavy atom. The van der Waals surface area contributed by atoms with Gasteiger partial charge < -0.3 is 4.42 Å². The minimum Gasteiger partial charge on any atom is -0.457 e. The van der Waals surface area contributed by atoms with Crippen molar-refractivity contribution < 1.29 is 18.9 Å². The van der Waals surface area contributed by atoms with Gasteiger partial charge in [0, 0.05) is 30.3 Å². The van der Waals surface area contributed by atoms with Gasteiger partial charge in [0.05, 0.1) is 14.9 Å². The fraction of sp³-hybridized carbons (Fsp3) is 0.176. The summed E-state index contributed by atoms with van der Waals surface area (Å²) in [4.78, 5) is 36.0. The van der Waals surface area contributed by atoms with Gasteiger partial charge >= 0.3 is 0 Å². The van der Waals surface area contributed by atoms with Crippen molar-refractivity contribution in [1.82, 2.24) is 4.90 Å². The normalized spacial score (nSPS) is 15.9. The van der Waals surface area contributed by atoms with Crippen molar-refractivity contribution >= 4 is 46.3 Å². The molecule has 1 saturated heterocycles. The van der Waals surface area contributed by atoms with E-state index in [9.17, 15) is 19.7 Å². The van der Waals surface area contributed by atoms with Crippen molar-refractivity contribution in [3.63, 3.8) is 0 Å². The molecule has 2 aromatic rings. The summed E-state index contributed by atoms with van der Waals surface area (Å²) in [5.41, 5.74) is 0.266. The number of nitro benzene ring substituents is 1. The highest BCUT2D eigenvalue weighted by Crippen LogP contribution is 2.35. The van der Waals surface area contributed by atoms with Gasteiger partial charge in [-0.25, -0.2) is 0 Å². The Kier molecular flexibility index (Phi) is 5.15. The minimum absolute atomic E-state index is 0.108. The molecule has 3 rings (SSSR count). The molecule has 0 spiro atoms. The maximum absolute atomic E-state index is 12.2. The quantitative estimate of drug-likeness (QED) is 0.405. The number of halogens is 1. The van der Waals surface area contributed by atoms with E-state index in [4.69, 9.17) is 16.0 Å². The van der Waals surface area contributed by atoms with Crippen molar-refractivity contribution in [3.8, 4) is 11.3 Å². The van der Waals surface area contributed by atoms with Gasteiger partial charge in [-0.3, -0.25) is 24.6 Å². The van der Waals surface area contributed by atoms with Crippen LogP contribution in [-0.4, -0.2) is 27.5 Å². The Hall–Kier alpha value is -2.58. The minimum atomic E-state index is -0.520. The topological polar surface area (TPSA) is 93.7 Å². The van der Waals surface area contributed by atoms with Crippen LogP contribution < -0.4 is 0 Å². The summed E-state index contributed by atoms with van der Waals surface area (Å²) in [6.45, 7) is 2.25. The van der Waals surface area contributed by atoms with Gasteiger partial charge in [-0.1, -0.05) is 18.5 Å². The van der Waals surface area contributed by atoms with Crippen LogP contribution >= 0.6 is 23.4 Å². The maximum Gasteiger partial charge on any atom is 0.293 e. The van der Waals surface area contributed by atoms with Gasteiger partial charge in [0.15, 0.2) is 0 Å². The Morgan fingerprint density at radius 2 is 2.08 bits per heavy atom. The van der Waals surface area contributed by atoms with Gasteiger partial charge in [-0.15, -0.1) is 0 Å². The molecule has 26 heavy (non-hydrogen) atoms. The zero-order valence-electron chi connectivity index (χ0n) is 13.6. The predicted octanol–water partition coefficient (Wildman–Crippen LogP) is 4.95. The van der Waals surface area contributed by atoms with Crippen LogP contribution in [-0.2, 0) is 4.79 Å². The third kappa shape index (κ3) is 3.51. The molecule has 2 amide bonds. The largest absolute Gasteiger partial charge is 0.457 e. The predicted molar refractivity (Wildman–Crippen MR) is 98.8 cm³/mol. The molecule has 9 heteroatoms. The second-order valence-electron chi connectivity index (χ2n) is 5.46. The third-order valence-electron chi connectivity index (χ3n) is 3.65. The Morgan fingerprint density at radius 1 is 1.31 bits per heavy atom. The van der Waals surface area contributed by atoms with E-state index in [2.05, 4.69) is 0 Å². The summed E-state index contributed by atoms with van der Waals surface area (Å²) >= 11 is 6.96. The van der Waals surface area contributed by atoms with Crippen molar-refractivity contribution in [1.29, 1.82) is 0 Å². The number of carbonyl (C=O) groups is 2. The average Bonchev–Trinajstić information content (AvgIpc) is 3.16. The molecule has 1 fully saturated rings. The molecule has 2 heterocycles. The molecule has 1 aromatic carbocycles. The summed E-state index contributed by atoms with van der Waals surface area (Å²) in [6, 6.07) is 7.26. The lowest BCUT2D eigenvalue weighted by Gasteiger charge is -2.09. The number of nitro groups is 1. The van der Waals surface area contributed by atoms with Crippen LogP contribution in [0.2, 0.25) is 5.02 Å². The second kappa shape index (κ2) is 7.35. The van der Waals surface area contributed by atoms with Gasteiger partial charge in [-0.2, -0.15) is 0 Å². The number of hydrogen-bond acceptors (Lipinski definition) is 6. The summed E-state index contributed by atoms with van der Waals surface area (Å²) < 4.78 is 5.65. The molecule has 1 aromatic heterocycles. The summed E-state index contributed by atoms with van der Waals surface area (Å²) in [5, 5.41) is 10.9. The van der Waals surface area contributed by atoms with Crippen LogP contribution in [0.4, 0.5) is 10.5 Å². The number of imide groups is 1. The zero-order chi connectivity index (χ0) is 18.8. The molecule has 0 saturated carbocycles. The molecule has 0 radical (unpaired) electrons. The molecule has 0 unspecified atom stereocenters. The number of amides is 2. The van der Waals surface area contributed by atoms with E-state index in [0.29, 0.717) is 35.1 Å². The van der Waals surface area contributed by atoms with Crippen molar-refractivity contribution in [2.75, 3.05) is 6.54 Å². The van der Waals surface area contributed by atoms with Crippen molar-refractivity contribution in [3.05, 3.63) is 56.1 Å². The lowest BCUT2D eigenvalue weighted by atomic mass is 10.1. The fourth-order valence-corrected chi connectivity index (χ4v) is 3.49. The van der Waals surface area contributed by atoms with E-state index in [1.165, 1.54) is 29.2 Å². The Labute approximate surface area is 157 Å². The molecule has 1 aliphatic rings. The number of thioether (sulfide) groups is 1. The molecule has 134 valence electrons. The molecule has 0 aliphatic carbocycles. The number of nitrogens with zero attached hydrogens (tertiary/aromatic N) is 2. The standard InChI is InChI=1S/C17H13ClN2O5S/c1-2-7-19-16(21)15(26-17(19)22)9-11-4-6-14(25-11)12-8-10(20(23)24)3-5-13(12)18/h3-6,8-9H,2,7H2,1H3/b15-9+. The summed E-state index contributed by atoms with van der Waals surface area (Å²) in [5.74, 6) is 0.329. The lowest BCUT2D eigenvalue weighted by molar-refractivity contribution is -0.384. The summed E-state index contributed by atoms with van der Waals surface area (Å²) in [7, 11) is 0. The van der Waals surface area contributed by atoms with Crippen molar-refractivity contribution in [2.45, 2.75) is 13.3 Å². The smallest absolute Gasteiger partial charge is 0.293 e. The Bertz CT molecular complexity index is 937. The maximum atomic E-state index is 12.2. The number of non-ortho nitro benzene ring substituents is 1. The van der Waals surface area contributed by atoms with Gasteiger partial charge in [0.1, 0.15) is 11.5 Å². The highest BCUT2D eigenvalue weighted by Gasteiger charge is 2.34. The van der Waals surface area contributed by atoms with E-state index < -0.39 is 4.92 Å². The van der Waals surface area contributed by atoms with Crippen LogP contribution in [0.5, 0.6) is 0 Å². The average molecular weight is 393 g/mol. The Balaban J connectivity index is 1.90. The first-order chi connectivity index (χ1) is 12.4. The van der Waals surface area contributed by atoms with E-state index in [-0.39, 0.29) is 21.7 Å². The first-order valence-corrected chi connectivity index (χ1v) is 8.89. The zero-order valence-corrected chi connectivity index (χ0v) is 15.2. The monoisotopic (exact) mass is 392 g/mol. The first-order valence-electron chi connectivity index (χ1n) is 7.70.